The molecule has 0 spiro atoms. The molecule has 0 fully saturated rings. The van der Waals surface area contributed by atoms with Crippen molar-refractivity contribution in [1.29, 1.82) is 0 Å². The van der Waals surface area contributed by atoms with Crippen molar-refractivity contribution < 1.29 is 17.2 Å². The smallest absolute Gasteiger partial charge is 0.243 e. The quantitative estimate of drug-likeness (QED) is 0.500. The summed E-state index contributed by atoms with van der Waals surface area (Å²) in [6.45, 7) is 2.03. The average Bonchev–Trinajstić information content (AvgIpc) is 2.86. The first-order valence-electron chi connectivity index (χ1n) is 11.3. The number of nitrogens with two attached hydrogens (primary N) is 1. The Bertz CT molecular complexity index is 1500. The molecule has 1 unspecified atom stereocenters. The Morgan fingerprint density at radius 1 is 0.946 bits per heavy atom. The summed E-state index contributed by atoms with van der Waals surface area (Å²) in [5.74, 6) is -0.585. The van der Waals surface area contributed by atoms with Crippen LogP contribution in [0, 0.1) is 18.6 Å². The molecule has 0 amide bonds. The number of sulfonamides is 1. The SMILES string of the molecule is Cc1ccc(S(=O)(=O)N2CC3=C(NC(N)=NC3c3ccc(F)cc3)/C(=C/c3ccc(F)cc3)C2)cc1.Cl. The summed E-state index contributed by atoms with van der Waals surface area (Å²) in [5, 5.41) is 3.10. The van der Waals surface area contributed by atoms with Crippen molar-refractivity contribution in [2.45, 2.75) is 17.9 Å². The van der Waals surface area contributed by atoms with Gasteiger partial charge in [0.15, 0.2) is 5.96 Å². The van der Waals surface area contributed by atoms with E-state index in [9.17, 15) is 17.2 Å². The first-order chi connectivity index (χ1) is 17.2. The number of nitrogens with one attached hydrogen (secondary N) is 1. The van der Waals surface area contributed by atoms with Crippen LogP contribution in [0.1, 0.15) is 22.7 Å². The number of aryl methyl sites for hydroxylation is 1. The normalized spacial score (nSPS) is 19.1. The third-order valence-corrected chi connectivity index (χ3v) is 8.05. The molecular weight excluding hydrogens is 518 g/mol. The standard InChI is InChI=1S/C27H24F2N4O2S.ClH/c1-17-2-12-23(13-3-17)36(34,35)33-15-20(14-18-4-8-21(28)9-5-18)26-24(16-33)25(31-27(30)32-26)19-6-10-22(29)11-7-19;/h2-14,25H,15-16H2,1H3,(H3,30,31,32);1H/b20-14+;. The Morgan fingerprint density at radius 3 is 2.16 bits per heavy atom. The van der Waals surface area contributed by atoms with E-state index in [2.05, 4.69) is 10.3 Å². The number of guanidine groups is 1. The molecule has 3 aromatic rings. The molecule has 3 aromatic carbocycles. The number of aliphatic imine (C=N–C) groups is 1. The van der Waals surface area contributed by atoms with Crippen LogP contribution in [0.15, 0.2) is 99.5 Å². The fraction of sp³-hybridized carbons (Fsp3) is 0.148. The molecule has 10 heteroatoms. The Labute approximate surface area is 220 Å². The second-order valence-corrected chi connectivity index (χ2v) is 10.7. The largest absolute Gasteiger partial charge is 0.370 e. The summed E-state index contributed by atoms with van der Waals surface area (Å²) in [6.07, 6.45) is 1.80. The minimum absolute atomic E-state index is 0. The van der Waals surface area contributed by atoms with E-state index in [0.717, 1.165) is 5.56 Å². The van der Waals surface area contributed by atoms with Gasteiger partial charge in [-0.25, -0.2) is 22.2 Å². The van der Waals surface area contributed by atoms with Crippen LogP contribution in [0.5, 0.6) is 0 Å². The zero-order valence-corrected chi connectivity index (χ0v) is 21.5. The van der Waals surface area contributed by atoms with E-state index >= 15 is 0 Å². The van der Waals surface area contributed by atoms with Crippen molar-refractivity contribution in [3.05, 3.63) is 118 Å². The molecule has 0 saturated heterocycles. The van der Waals surface area contributed by atoms with Gasteiger partial charge in [-0.1, -0.05) is 42.0 Å². The van der Waals surface area contributed by atoms with E-state index in [0.29, 0.717) is 28.0 Å². The van der Waals surface area contributed by atoms with Crippen LogP contribution < -0.4 is 11.1 Å². The Kier molecular flexibility index (Phi) is 7.49. The van der Waals surface area contributed by atoms with E-state index in [1.54, 1.807) is 54.6 Å². The van der Waals surface area contributed by atoms with Crippen molar-refractivity contribution >= 4 is 34.5 Å². The molecular formula is C27H25ClF2N4O2S. The number of benzene rings is 3. The highest BCUT2D eigenvalue weighted by Crippen LogP contribution is 2.38. The van der Waals surface area contributed by atoms with Gasteiger partial charge in [0.1, 0.15) is 17.7 Å². The highest BCUT2D eigenvalue weighted by Gasteiger charge is 2.37. The number of nitrogens with zero attached hydrogens (tertiary/aromatic N) is 2. The van der Waals surface area contributed by atoms with Gasteiger partial charge < -0.3 is 11.1 Å². The third-order valence-electron chi connectivity index (χ3n) is 6.24. The van der Waals surface area contributed by atoms with Crippen LogP contribution >= 0.6 is 12.4 Å². The van der Waals surface area contributed by atoms with Crippen LogP contribution in [0.25, 0.3) is 6.08 Å². The van der Waals surface area contributed by atoms with Gasteiger partial charge in [-0.15, -0.1) is 12.4 Å². The fourth-order valence-corrected chi connectivity index (χ4v) is 5.79. The molecule has 3 N–H and O–H groups in total. The molecule has 37 heavy (non-hydrogen) atoms. The van der Waals surface area contributed by atoms with Gasteiger partial charge in [0.25, 0.3) is 0 Å². The molecule has 0 aromatic heterocycles. The highest BCUT2D eigenvalue weighted by atomic mass is 35.5. The minimum Gasteiger partial charge on any atom is -0.370 e. The summed E-state index contributed by atoms with van der Waals surface area (Å²) in [7, 11) is -3.86. The Balaban J connectivity index is 0.00000320. The second kappa shape index (κ2) is 10.5. The van der Waals surface area contributed by atoms with E-state index in [-0.39, 0.29) is 48.0 Å². The van der Waals surface area contributed by atoms with Crippen LogP contribution in [0.2, 0.25) is 0 Å². The van der Waals surface area contributed by atoms with Crippen LogP contribution in [-0.4, -0.2) is 31.8 Å². The zero-order valence-electron chi connectivity index (χ0n) is 19.9. The Morgan fingerprint density at radius 2 is 1.54 bits per heavy atom. The molecule has 0 bridgehead atoms. The van der Waals surface area contributed by atoms with Crippen molar-refractivity contribution in [1.82, 2.24) is 9.62 Å². The van der Waals surface area contributed by atoms with Crippen molar-refractivity contribution in [3.63, 3.8) is 0 Å². The van der Waals surface area contributed by atoms with Crippen LogP contribution in [-0.2, 0) is 10.0 Å². The minimum atomic E-state index is -3.86. The van der Waals surface area contributed by atoms with Gasteiger partial charge in [0.05, 0.1) is 4.90 Å². The maximum absolute atomic E-state index is 13.7. The fourth-order valence-electron chi connectivity index (χ4n) is 4.39. The van der Waals surface area contributed by atoms with Gasteiger partial charge in [0, 0.05) is 18.8 Å². The van der Waals surface area contributed by atoms with E-state index < -0.39 is 16.1 Å². The molecule has 2 heterocycles. The van der Waals surface area contributed by atoms with Gasteiger partial charge >= 0.3 is 0 Å². The monoisotopic (exact) mass is 542 g/mol. The maximum atomic E-state index is 13.7. The lowest BCUT2D eigenvalue weighted by Crippen LogP contribution is -2.46. The number of halogens is 3. The van der Waals surface area contributed by atoms with Gasteiger partial charge in [-0.2, -0.15) is 4.31 Å². The van der Waals surface area contributed by atoms with Gasteiger partial charge in [0.2, 0.25) is 10.0 Å². The predicted octanol–water partition coefficient (Wildman–Crippen LogP) is 4.70. The van der Waals surface area contributed by atoms with Crippen molar-refractivity contribution in [2.24, 2.45) is 10.7 Å². The molecule has 5 rings (SSSR count). The molecule has 0 saturated carbocycles. The van der Waals surface area contributed by atoms with Crippen molar-refractivity contribution in [3.8, 4) is 0 Å². The lowest BCUT2D eigenvalue weighted by Gasteiger charge is -2.37. The van der Waals surface area contributed by atoms with Crippen molar-refractivity contribution in [2.75, 3.05) is 13.1 Å². The topological polar surface area (TPSA) is 87.8 Å². The lowest BCUT2D eigenvalue weighted by atomic mass is 9.90. The summed E-state index contributed by atoms with van der Waals surface area (Å²) in [6, 6.07) is 17.9. The zero-order chi connectivity index (χ0) is 25.4. The average molecular weight is 543 g/mol. The third kappa shape index (κ3) is 5.44. The molecule has 2 aliphatic heterocycles. The predicted molar refractivity (Wildman–Crippen MR) is 142 cm³/mol. The summed E-state index contributed by atoms with van der Waals surface area (Å²) in [5.41, 5.74) is 10.5. The second-order valence-electron chi connectivity index (χ2n) is 8.80. The summed E-state index contributed by atoms with van der Waals surface area (Å²) in [4.78, 5) is 4.71. The summed E-state index contributed by atoms with van der Waals surface area (Å²) >= 11 is 0. The number of hydrogen-bond donors (Lipinski definition) is 2. The van der Waals surface area contributed by atoms with E-state index in [1.165, 1.54) is 28.6 Å². The van der Waals surface area contributed by atoms with Gasteiger partial charge in [-0.3, -0.25) is 0 Å². The summed E-state index contributed by atoms with van der Waals surface area (Å²) < 4.78 is 55.8. The lowest BCUT2D eigenvalue weighted by molar-refractivity contribution is 0.436. The molecule has 0 aliphatic carbocycles. The van der Waals surface area contributed by atoms with Gasteiger partial charge in [-0.05, 0) is 71.7 Å². The highest BCUT2D eigenvalue weighted by molar-refractivity contribution is 7.89. The first kappa shape index (κ1) is 26.5. The molecule has 0 radical (unpaired) electrons. The first-order valence-corrected chi connectivity index (χ1v) is 12.8. The van der Waals surface area contributed by atoms with Crippen LogP contribution in [0.3, 0.4) is 0 Å². The number of hydrogen-bond acceptors (Lipinski definition) is 5. The molecule has 1 atom stereocenters. The molecule has 6 nitrogen and oxygen atoms in total. The number of rotatable bonds is 4. The molecule has 2 aliphatic rings. The molecule has 192 valence electrons. The maximum Gasteiger partial charge on any atom is 0.243 e. The van der Waals surface area contributed by atoms with Crippen LogP contribution in [0.4, 0.5) is 8.78 Å². The Hall–Kier alpha value is -3.53. The van der Waals surface area contributed by atoms with E-state index in [4.69, 9.17) is 5.73 Å². The van der Waals surface area contributed by atoms with E-state index in [1.807, 2.05) is 6.92 Å².